The Kier molecular flexibility index (Phi) is 3.11. The maximum Gasteiger partial charge on any atom is 0.220 e. The summed E-state index contributed by atoms with van der Waals surface area (Å²) in [6, 6.07) is 1.27. The highest BCUT2D eigenvalue weighted by Crippen LogP contribution is 2.19. The van der Waals surface area contributed by atoms with Gasteiger partial charge in [-0.15, -0.1) is 0 Å². The minimum Gasteiger partial charge on any atom is -0.356 e. The summed E-state index contributed by atoms with van der Waals surface area (Å²) >= 11 is 1.99. The Morgan fingerprint density at radius 1 is 1.31 bits per heavy atom. The predicted molar refractivity (Wildman–Crippen MR) is 54.9 cm³/mol. The molecule has 2 fully saturated rings. The third-order valence-electron chi connectivity index (χ3n) is 2.64. The normalized spacial score (nSPS) is 30.5. The molecule has 74 valence electrons. The molecule has 0 spiro atoms. The fourth-order valence-corrected chi connectivity index (χ4v) is 2.42. The topological polar surface area (TPSA) is 41.1 Å². The molecule has 0 aromatic rings. The van der Waals surface area contributed by atoms with Crippen molar-refractivity contribution < 1.29 is 4.79 Å². The van der Waals surface area contributed by atoms with Gasteiger partial charge in [-0.2, -0.15) is 11.8 Å². The highest BCUT2D eigenvalue weighted by atomic mass is 32.2. The van der Waals surface area contributed by atoms with Crippen molar-refractivity contribution in [3.05, 3.63) is 0 Å². The molecule has 2 aliphatic rings. The van der Waals surface area contributed by atoms with Crippen molar-refractivity contribution in [2.24, 2.45) is 0 Å². The van der Waals surface area contributed by atoms with Gasteiger partial charge in [0, 0.05) is 36.6 Å². The highest BCUT2D eigenvalue weighted by Gasteiger charge is 2.23. The van der Waals surface area contributed by atoms with Gasteiger partial charge in [-0.1, -0.05) is 0 Å². The van der Waals surface area contributed by atoms with Crippen LogP contribution in [0.2, 0.25) is 0 Å². The molecule has 2 N–H and O–H groups in total. The van der Waals surface area contributed by atoms with Crippen molar-refractivity contribution in [3.8, 4) is 0 Å². The van der Waals surface area contributed by atoms with Crippen LogP contribution in [-0.2, 0) is 4.79 Å². The fraction of sp³-hybridized carbons (Fsp3) is 0.889. The summed E-state index contributed by atoms with van der Waals surface area (Å²) in [5, 5.41) is 6.50. The van der Waals surface area contributed by atoms with Crippen LogP contribution in [0.25, 0.3) is 0 Å². The van der Waals surface area contributed by atoms with Gasteiger partial charge in [0.1, 0.15) is 0 Å². The highest BCUT2D eigenvalue weighted by molar-refractivity contribution is 8.00. The molecule has 13 heavy (non-hydrogen) atoms. The molecule has 0 radical (unpaired) electrons. The van der Waals surface area contributed by atoms with Crippen LogP contribution in [0.1, 0.15) is 19.3 Å². The zero-order valence-corrected chi connectivity index (χ0v) is 8.53. The number of rotatable bonds is 2. The number of thioether (sulfide) groups is 1. The van der Waals surface area contributed by atoms with E-state index in [1.165, 1.54) is 11.5 Å². The molecule has 3 nitrogen and oxygen atoms in total. The lowest BCUT2D eigenvalue weighted by atomic mass is 10.1. The largest absolute Gasteiger partial charge is 0.356 e. The van der Waals surface area contributed by atoms with Crippen LogP contribution in [0.4, 0.5) is 0 Å². The molecule has 1 atom stereocenters. The van der Waals surface area contributed by atoms with Crippen molar-refractivity contribution in [1.29, 1.82) is 0 Å². The van der Waals surface area contributed by atoms with E-state index >= 15 is 0 Å². The fourth-order valence-electron chi connectivity index (χ4n) is 1.76. The van der Waals surface area contributed by atoms with Gasteiger partial charge >= 0.3 is 0 Å². The van der Waals surface area contributed by atoms with Gasteiger partial charge < -0.3 is 10.6 Å². The number of carbonyl (C=O) groups is 1. The van der Waals surface area contributed by atoms with Crippen LogP contribution in [0.5, 0.6) is 0 Å². The van der Waals surface area contributed by atoms with Crippen molar-refractivity contribution in [2.75, 3.05) is 18.1 Å². The summed E-state index contributed by atoms with van der Waals surface area (Å²) < 4.78 is 0. The van der Waals surface area contributed by atoms with Crippen LogP contribution in [0.3, 0.4) is 0 Å². The van der Waals surface area contributed by atoms with E-state index in [1.54, 1.807) is 0 Å². The van der Waals surface area contributed by atoms with Crippen molar-refractivity contribution in [3.63, 3.8) is 0 Å². The van der Waals surface area contributed by atoms with E-state index in [2.05, 4.69) is 10.6 Å². The molecule has 2 aliphatic heterocycles. The van der Waals surface area contributed by atoms with Crippen LogP contribution in [-0.4, -0.2) is 36.0 Å². The van der Waals surface area contributed by atoms with Gasteiger partial charge in [-0.05, 0) is 12.8 Å². The molecule has 0 aliphatic carbocycles. The van der Waals surface area contributed by atoms with Crippen LogP contribution in [0, 0.1) is 0 Å². The van der Waals surface area contributed by atoms with Crippen molar-refractivity contribution in [2.45, 2.75) is 31.3 Å². The first-order valence-corrected chi connectivity index (χ1v) is 6.10. The molecule has 0 aromatic heterocycles. The quantitative estimate of drug-likeness (QED) is 0.676. The first-order valence-electron chi connectivity index (χ1n) is 4.95. The number of hydrogen-bond acceptors (Lipinski definition) is 3. The molecule has 2 saturated heterocycles. The molecule has 1 amide bonds. The zero-order valence-electron chi connectivity index (χ0n) is 7.71. The van der Waals surface area contributed by atoms with Gasteiger partial charge in [0.2, 0.25) is 5.91 Å². The summed E-state index contributed by atoms with van der Waals surface area (Å²) in [6.45, 7) is 0.844. The molecule has 2 heterocycles. The summed E-state index contributed by atoms with van der Waals surface area (Å²) in [5.74, 6) is 2.71. The van der Waals surface area contributed by atoms with Crippen molar-refractivity contribution in [1.82, 2.24) is 10.6 Å². The molecule has 0 aromatic carbocycles. The Morgan fingerprint density at radius 3 is 2.85 bits per heavy atom. The Bertz CT molecular complexity index is 194. The van der Waals surface area contributed by atoms with E-state index in [4.69, 9.17) is 0 Å². The lowest BCUT2D eigenvalue weighted by Crippen LogP contribution is -2.46. The van der Waals surface area contributed by atoms with Crippen LogP contribution >= 0.6 is 11.8 Å². The molecule has 0 saturated carbocycles. The van der Waals surface area contributed by atoms with Gasteiger partial charge in [0.05, 0.1) is 0 Å². The van der Waals surface area contributed by atoms with Crippen molar-refractivity contribution >= 4 is 17.7 Å². The van der Waals surface area contributed by atoms with E-state index in [9.17, 15) is 4.79 Å². The molecule has 2 rings (SSSR count). The SMILES string of the molecule is O=C1CCC(NC2CSC2)CCN1. The second-order valence-corrected chi connectivity index (χ2v) is 4.85. The maximum atomic E-state index is 11.1. The van der Waals surface area contributed by atoms with E-state index < -0.39 is 0 Å². The predicted octanol–water partition coefficient (Wildman–Crippen LogP) is 0.360. The Balaban J connectivity index is 1.74. The summed E-state index contributed by atoms with van der Waals surface area (Å²) in [7, 11) is 0. The Morgan fingerprint density at radius 2 is 2.15 bits per heavy atom. The molecule has 1 unspecified atom stereocenters. The van der Waals surface area contributed by atoms with Gasteiger partial charge in [0.25, 0.3) is 0 Å². The Labute approximate surface area is 83.0 Å². The number of amides is 1. The average molecular weight is 200 g/mol. The third-order valence-corrected chi connectivity index (χ3v) is 3.92. The van der Waals surface area contributed by atoms with Gasteiger partial charge in [0.15, 0.2) is 0 Å². The maximum absolute atomic E-state index is 11.1. The average Bonchev–Trinajstić information content (AvgIpc) is 2.23. The number of nitrogens with one attached hydrogen (secondary N) is 2. The molecule has 4 heteroatoms. The lowest BCUT2D eigenvalue weighted by molar-refractivity contribution is -0.120. The summed E-state index contributed by atoms with van der Waals surface area (Å²) in [4.78, 5) is 11.1. The second-order valence-electron chi connectivity index (χ2n) is 3.78. The lowest BCUT2D eigenvalue weighted by Gasteiger charge is -2.30. The van der Waals surface area contributed by atoms with Crippen LogP contribution < -0.4 is 10.6 Å². The minimum absolute atomic E-state index is 0.215. The van der Waals surface area contributed by atoms with E-state index in [-0.39, 0.29) is 5.91 Å². The first kappa shape index (κ1) is 9.34. The van der Waals surface area contributed by atoms with E-state index in [1.807, 2.05) is 11.8 Å². The zero-order chi connectivity index (χ0) is 9.10. The third kappa shape index (κ3) is 2.61. The van der Waals surface area contributed by atoms with Gasteiger partial charge in [-0.25, -0.2) is 0 Å². The Hall–Kier alpha value is -0.220. The molecular weight excluding hydrogens is 184 g/mol. The number of hydrogen-bond donors (Lipinski definition) is 2. The monoisotopic (exact) mass is 200 g/mol. The standard InChI is InChI=1S/C9H16N2OS/c12-9-2-1-7(3-4-10-9)11-8-5-13-6-8/h7-8,11H,1-6H2,(H,10,12). The smallest absolute Gasteiger partial charge is 0.220 e. The first-order chi connectivity index (χ1) is 6.34. The van der Waals surface area contributed by atoms with Gasteiger partial charge in [-0.3, -0.25) is 4.79 Å². The molecular formula is C9H16N2OS. The second kappa shape index (κ2) is 4.33. The molecule has 0 bridgehead atoms. The number of carbonyl (C=O) groups excluding carboxylic acids is 1. The van der Waals surface area contributed by atoms with Crippen LogP contribution in [0.15, 0.2) is 0 Å². The van der Waals surface area contributed by atoms with E-state index in [0.29, 0.717) is 18.5 Å². The summed E-state index contributed by atoms with van der Waals surface area (Å²) in [6.07, 6.45) is 2.79. The summed E-state index contributed by atoms with van der Waals surface area (Å²) in [5.41, 5.74) is 0. The van der Waals surface area contributed by atoms with E-state index in [0.717, 1.165) is 19.4 Å². The minimum atomic E-state index is 0.215.